The number of carbonyl (C=O) groups is 1. The molecule has 0 bridgehead atoms. The molecular formula is C22H15ClF3N3O. The van der Waals surface area contributed by atoms with Crippen LogP contribution < -0.4 is 4.90 Å². The minimum Gasteiger partial charge on any atom is -0.311 e. The molecule has 0 saturated carbocycles. The normalized spacial score (nSPS) is 11.6. The van der Waals surface area contributed by atoms with Crippen LogP contribution in [-0.4, -0.2) is 22.6 Å². The first-order valence-electron chi connectivity index (χ1n) is 8.93. The van der Waals surface area contributed by atoms with Gasteiger partial charge in [0.2, 0.25) is 0 Å². The zero-order valence-corrected chi connectivity index (χ0v) is 16.4. The summed E-state index contributed by atoms with van der Waals surface area (Å²) in [7, 11) is 1.66. The minimum absolute atomic E-state index is 0.237. The highest BCUT2D eigenvalue weighted by Crippen LogP contribution is 2.32. The Kier molecular flexibility index (Phi) is 4.99. The molecule has 2 aromatic carbocycles. The number of anilines is 1. The van der Waals surface area contributed by atoms with Gasteiger partial charge in [0.05, 0.1) is 17.3 Å². The summed E-state index contributed by atoms with van der Waals surface area (Å²) in [5, 5.41) is 4.81. The number of nitrogens with zero attached hydrogens (tertiary/aromatic N) is 3. The highest BCUT2D eigenvalue weighted by molar-refractivity contribution is 6.30. The average molecular weight is 430 g/mol. The molecule has 0 atom stereocenters. The van der Waals surface area contributed by atoms with Gasteiger partial charge in [-0.25, -0.2) is 4.52 Å². The number of fused-ring (bicyclic) bond motifs is 1. The van der Waals surface area contributed by atoms with Gasteiger partial charge in [0, 0.05) is 35.1 Å². The molecule has 4 rings (SSSR count). The second-order valence-electron chi connectivity index (χ2n) is 6.72. The van der Waals surface area contributed by atoms with Crippen molar-refractivity contribution in [1.29, 1.82) is 0 Å². The van der Waals surface area contributed by atoms with Crippen LogP contribution in [0, 0.1) is 0 Å². The van der Waals surface area contributed by atoms with Gasteiger partial charge in [-0.3, -0.25) is 4.79 Å². The number of amides is 1. The molecule has 2 aromatic heterocycles. The van der Waals surface area contributed by atoms with Crippen LogP contribution in [-0.2, 0) is 6.18 Å². The van der Waals surface area contributed by atoms with Gasteiger partial charge in [-0.05, 0) is 54.1 Å². The molecule has 0 unspecified atom stereocenters. The molecule has 0 aliphatic rings. The van der Waals surface area contributed by atoms with E-state index in [-0.39, 0.29) is 5.91 Å². The predicted octanol–water partition coefficient (Wildman–Crippen LogP) is 5.95. The van der Waals surface area contributed by atoms with Gasteiger partial charge in [-0.1, -0.05) is 23.7 Å². The second kappa shape index (κ2) is 7.50. The van der Waals surface area contributed by atoms with Crippen molar-refractivity contribution in [2.24, 2.45) is 0 Å². The number of benzene rings is 2. The van der Waals surface area contributed by atoms with Crippen LogP contribution in [0.3, 0.4) is 0 Å². The van der Waals surface area contributed by atoms with E-state index in [0.717, 1.165) is 12.1 Å². The maximum absolute atomic E-state index is 12.9. The Hall–Kier alpha value is -3.32. The summed E-state index contributed by atoms with van der Waals surface area (Å²) in [4.78, 5) is 14.4. The molecule has 8 heteroatoms. The number of halogens is 4. The van der Waals surface area contributed by atoms with E-state index in [2.05, 4.69) is 5.10 Å². The fourth-order valence-corrected chi connectivity index (χ4v) is 3.28. The largest absolute Gasteiger partial charge is 0.416 e. The molecular weight excluding hydrogens is 415 g/mol. The topological polar surface area (TPSA) is 37.6 Å². The number of aromatic nitrogens is 2. The van der Waals surface area contributed by atoms with Crippen molar-refractivity contribution in [3.05, 3.63) is 89.2 Å². The first kappa shape index (κ1) is 20.0. The zero-order chi connectivity index (χ0) is 21.5. The van der Waals surface area contributed by atoms with E-state index in [4.69, 9.17) is 11.6 Å². The standard InChI is InChI=1S/C22H15ClF3N3O/c1-28(18-8-6-17(23)7-9-18)21(30)15-10-11-29-20(12-15)19(13-27-29)14-2-4-16(5-3-14)22(24,25)26/h2-13H,1H3. The molecule has 4 aromatic rings. The van der Waals surface area contributed by atoms with Crippen LogP contribution in [0.2, 0.25) is 5.02 Å². The highest BCUT2D eigenvalue weighted by atomic mass is 35.5. The monoisotopic (exact) mass is 429 g/mol. The smallest absolute Gasteiger partial charge is 0.311 e. The summed E-state index contributed by atoms with van der Waals surface area (Å²) >= 11 is 5.90. The molecule has 2 heterocycles. The van der Waals surface area contributed by atoms with Crippen molar-refractivity contribution in [1.82, 2.24) is 9.61 Å². The maximum Gasteiger partial charge on any atom is 0.416 e. The summed E-state index contributed by atoms with van der Waals surface area (Å²) in [5.74, 6) is -0.237. The van der Waals surface area contributed by atoms with Crippen LogP contribution in [0.25, 0.3) is 16.6 Å². The third-order valence-electron chi connectivity index (χ3n) is 4.81. The number of rotatable bonds is 3. The lowest BCUT2D eigenvalue weighted by molar-refractivity contribution is -0.137. The number of carbonyl (C=O) groups excluding carboxylic acids is 1. The molecule has 0 N–H and O–H groups in total. The van der Waals surface area contributed by atoms with Crippen molar-refractivity contribution >= 4 is 28.7 Å². The Morgan fingerprint density at radius 1 is 1.03 bits per heavy atom. The van der Waals surface area contributed by atoms with E-state index >= 15 is 0 Å². The van der Waals surface area contributed by atoms with Crippen LogP contribution in [0.1, 0.15) is 15.9 Å². The Morgan fingerprint density at radius 3 is 2.33 bits per heavy atom. The van der Waals surface area contributed by atoms with E-state index < -0.39 is 11.7 Å². The van der Waals surface area contributed by atoms with Gasteiger partial charge in [-0.15, -0.1) is 0 Å². The van der Waals surface area contributed by atoms with Gasteiger partial charge in [0.25, 0.3) is 5.91 Å². The van der Waals surface area contributed by atoms with Crippen molar-refractivity contribution in [2.45, 2.75) is 6.18 Å². The van der Waals surface area contributed by atoms with Crippen molar-refractivity contribution in [3.63, 3.8) is 0 Å². The summed E-state index contributed by atoms with van der Waals surface area (Å²) < 4.78 is 40.1. The highest BCUT2D eigenvalue weighted by Gasteiger charge is 2.30. The van der Waals surface area contributed by atoms with Gasteiger partial charge in [0.1, 0.15) is 0 Å². The predicted molar refractivity (Wildman–Crippen MR) is 110 cm³/mol. The first-order valence-corrected chi connectivity index (χ1v) is 9.30. The summed E-state index contributed by atoms with van der Waals surface area (Å²) in [5.41, 5.74) is 2.21. The van der Waals surface area contributed by atoms with Gasteiger partial charge >= 0.3 is 6.18 Å². The zero-order valence-electron chi connectivity index (χ0n) is 15.7. The van der Waals surface area contributed by atoms with Crippen molar-refractivity contribution in [2.75, 3.05) is 11.9 Å². The molecule has 0 aliphatic heterocycles. The molecule has 0 aliphatic carbocycles. The van der Waals surface area contributed by atoms with Crippen LogP contribution in [0.4, 0.5) is 18.9 Å². The van der Waals surface area contributed by atoms with E-state index in [0.29, 0.717) is 32.9 Å². The van der Waals surface area contributed by atoms with Crippen molar-refractivity contribution in [3.8, 4) is 11.1 Å². The lowest BCUT2D eigenvalue weighted by atomic mass is 10.0. The van der Waals surface area contributed by atoms with E-state index in [1.807, 2.05) is 0 Å². The molecule has 152 valence electrons. The Labute approximate surface area is 175 Å². The van der Waals surface area contributed by atoms with Gasteiger partial charge in [0.15, 0.2) is 0 Å². The third kappa shape index (κ3) is 3.76. The fraction of sp³-hybridized carbons (Fsp3) is 0.0909. The third-order valence-corrected chi connectivity index (χ3v) is 5.06. The molecule has 0 radical (unpaired) electrons. The van der Waals surface area contributed by atoms with E-state index in [9.17, 15) is 18.0 Å². The molecule has 0 spiro atoms. The molecule has 0 fully saturated rings. The number of hydrogen-bond donors (Lipinski definition) is 0. The molecule has 4 nitrogen and oxygen atoms in total. The SMILES string of the molecule is CN(C(=O)c1ccn2ncc(-c3ccc(C(F)(F)F)cc3)c2c1)c1ccc(Cl)cc1. The summed E-state index contributed by atoms with van der Waals surface area (Å²) in [6.45, 7) is 0. The van der Waals surface area contributed by atoms with Gasteiger partial charge < -0.3 is 4.90 Å². The second-order valence-corrected chi connectivity index (χ2v) is 7.16. The Bertz CT molecular complexity index is 1220. The summed E-state index contributed by atoms with van der Waals surface area (Å²) in [6.07, 6.45) is -1.19. The number of pyridine rings is 1. The maximum atomic E-state index is 12.9. The molecule has 0 saturated heterocycles. The van der Waals surface area contributed by atoms with Crippen LogP contribution >= 0.6 is 11.6 Å². The van der Waals surface area contributed by atoms with Gasteiger partial charge in [-0.2, -0.15) is 18.3 Å². The number of alkyl halides is 3. The first-order chi connectivity index (χ1) is 14.2. The molecule has 30 heavy (non-hydrogen) atoms. The van der Waals surface area contributed by atoms with E-state index in [1.54, 1.807) is 60.4 Å². The quantitative estimate of drug-likeness (QED) is 0.403. The molecule has 1 amide bonds. The Morgan fingerprint density at radius 2 is 1.70 bits per heavy atom. The minimum atomic E-state index is -4.40. The lowest BCUT2D eigenvalue weighted by Crippen LogP contribution is -2.26. The number of hydrogen-bond acceptors (Lipinski definition) is 2. The fourth-order valence-electron chi connectivity index (χ4n) is 3.15. The van der Waals surface area contributed by atoms with Crippen LogP contribution in [0.5, 0.6) is 0 Å². The van der Waals surface area contributed by atoms with Crippen LogP contribution in [0.15, 0.2) is 73.1 Å². The summed E-state index contributed by atoms with van der Waals surface area (Å²) in [6, 6.07) is 15.1. The Balaban J connectivity index is 1.69. The lowest BCUT2D eigenvalue weighted by Gasteiger charge is -2.17. The van der Waals surface area contributed by atoms with Crippen molar-refractivity contribution < 1.29 is 18.0 Å². The van der Waals surface area contributed by atoms with E-state index in [1.165, 1.54) is 17.0 Å². The average Bonchev–Trinajstić information content (AvgIpc) is 3.16.